The van der Waals surface area contributed by atoms with Crippen LogP contribution >= 0.6 is 26.6 Å². The van der Waals surface area contributed by atoms with Crippen molar-refractivity contribution in [2.45, 2.75) is 25.7 Å². The highest BCUT2D eigenvalue weighted by molar-refractivity contribution is 9.10. The molecule has 0 radical (unpaired) electrons. The van der Waals surface area contributed by atoms with E-state index in [1.165, 1.54) is 0 Å². The van der Waals surface area contributed by atoms with Gasteiger partial charge in [-0.15, -0.1) is 0 Å². The number of halogens is 4. The zero-order valence-electron chi connectivity index (χ0n) is 11.0. The summed E-state index contributed by atoms with van der Waals surface area (Å²) < 4.78 is 55.1. The van der Waals surface area contributed by atoms with E-state index in [4.69, 9.17) is 15.4 Å². The molecule has 1 fully saturated rings. The standard InChI is InChI=1S/C13H14BrClF2O3S/c14-10-5-9(16)6-11(17)12(10)20-7-13(3-1-2-4-13)8-21(15,18)19/h5-6H,1-4,7-8H2. The molecule has 2 rings (SSSR count). The second-order valence-electron chi connectivity index (χ2n) is 5.38. The van der Waals surface area contributed by atoms with Crippen molar-refractivity contribution in [2.24, 2.45) is 5.41 Å². The monoisotopic (exact) mass is 402 g/mol. The van der Waals surface area contributed by atoms with Crippen LogP contribution < -0.4 is 4.74 Å². The van der Waals surface area contributed by atoms with Crippen LogP contribution in [0.2, 0.25) is 0 Å². The minimum atomic E-state index is -3.67. The van der Waals surface area contributed by atoms with Gasteiger partial charge in [-0.25, -0.2) is 17.2 Å². The number of hydrogen-bond acceptors (Lipinski definition) is 3. The van der Waals surface area contributed by atoms with Crippen LogP contribution in [0, 0.1) is 17.0 Å². The van der Waals surface area contributed by atoms with Crippen LogP contribution in [-0.2, 0) is 9.05 Å². The molecule has 1 aromatic carbocycles. The molecule has 0 aromatic heterocycles. The van der Waals surface area contributed by atoms with Gasteiger partial charge < -0.3 is 4.74 Å². The predicted octanol–water partition coefficient (Wildman–Crippen LogP) is 4.24. The van der Waals surface area contributed by atoms with Crippen LogP contribution in [0.25, 0.3) is 0 Å². The Balaban J connectivity index is 2.17. The van der Waals surface area contributed by atoms with E-state index in [2.05, 4.69) is 15.9 Å². The lowest BCUT2D eigenvalue weighted by Crippen LogP contribution is -2.32. The Morgan fingerprint density at radius 3 is 2.43 bits per heavy atom. The van der Waals surface area contributed by atoms with Crippen molar-refractivity contribution in [3.63, 3.8) is 0 Å². The summed E-state index contributed by atoms with van der Waals surface area (Å²) in [5, 5.41) is 0. The van der Waals surface area contributed by atoms with Gasteiger partial charge in [0.05, 0.1) is 16.8 Å². The van der Waals surface area contributed by atoms with Gasteiger partial charge in [-0.1, -0.05) is 12.8 Å². The maximum atomic E-state index is 13.7. The molecule has 21 heavy (non-hydrogen) atoms. The summed E-state index contributed by atoms with van der Waals surface area (Å²) in [5.41, 5.74) is -0.610. The van der Waals surface area contributed by atoms with Gasteiger partial charge in [-0.2, -0.15) is 0 Å². The van der Waals surface area contributed by atoms with E-state index in [-0.39, 0.29) is 22.6 Å². The molecule has 1 aliphatic carbocycles. The fourth-order valence-electron chi connectivity index (χ4n) is 2.71. The van der Waals surface area contributed by atoms with Crippen molar-refractivity contribution in [2.75, 3.05) is 12.4 Å². The van der Waals surface area contributed by atoms with Crippen molar-refractivity contribution in [1.29, 1.82) is 0 Å². The van der Waals surface area contributed by atoms with Crippen LogP contribution in [0.15, 0.2) is 16.6 Å². The lowest BCUT2D eigenvalue weighted by Gasteiger charge is -2.27. The Bertz CT molecular complexity index is 607. The Kier molecular flexibility index (Phi) is 5.15. The maximum absolute atomic E-state index is 13.7. The molecule has 0 spiro atoms. The van der Waals surface area contributed by atoms with E-state index in [1.807, 2.05) is 0 Å². The summed E-state index contributed by atoms with van der Waals surface area (Å²) >= 11 is 3.04. The van der Waals surface area contributed by atoms with Gasteiger partial charge in [0, 0.05) is 22.2 Å². The summed E-state index contributed by atoms with van der Waals surface area (Å²) in [4.78, 5) is 0. The summed E-state index contributed by atoms with van der Waals surface area (Å²) in [5.74, 6) is -1.87. The van der Waals surface area contributed by atoms with Crippen molar-refractivity contribution < 1.29 is 21.9 Å². The van der Waals surface area contributed by atoms with Crippen LogP contribution in [0.4, 0.5) is 8.78 Å². The topological polar surface area (TPSA) is 43.4 Å². The number of hydrogen-bond donors (Lipinski definition) is 0. The van der Waals surface area contributed by atoms with Gasteiger partial charge >= 0.3 is 0 Å². The van der Waals surface area contributed by atoms with Crippen LogP contribution in [0.1, 0.15) is 25.7 Å². The Labute approximate surface area is 135 Å². The second-order valence-corrected chi connectivity index (χ2v) is 9.01. The minimum absolute atomic E-state index is 0.0279. The molecule has 0 aliphatic heterocycles. The van der Waals surface area contributed by atoms with E-state index in [9.17, 15) is 17.2 Å². The van der Waals surface area contributed by atoms with Gasteiger partial charge in [-0.05, 0) is 34.8 Å². The van der Waals surface area contributed by atoms with Gasteiger partial charge in [0.15, 0.2) is 11.6 Å². The Hall–Kier alpha value is -0.400. The fraction of sp³-hybridized carbons (Fsp3) is 0.538. The molecule has 0 N–H and O–H groups in total. The Morgan fingerprint density at radius 1 is 1.29 bits per heavy atom. The maximum Gasteiger partial charge on any atom is 0.233 e. The number of benzene rings is 1. The van der Waals surface area contributed by atoms with Gasteiger partial charge in [0.25, 0.3) is 0 Å². The van der Waals surface area contributed by atoms with Crippen LogP contribution in [0.3, 0.4) is 0 Å². The third-order valence-corrected chi connectivity index (χ3v) is 5.50. The third kappa shape index (κ3) is 4.53. The molecule has 8 heteroatoms. The molecule has 0 atom stereocenters. The molecule has 0 amide bonds. The first kappa shape index (κ1) is 17.0. The highest BCUT2D eigenvalue weighted by atomic mass is 79.9. The first-order valence-electron chi connectivity index (χ1n) is 6.40. The first-order chi connectivity index (χ1) is 9.71. The zero-order valence-corrected chi connectivity index (χ0v) is 14.2. The molecular weight excluding hydrogens is 390 g/mol. The van der Waals surface area contributed by atoms with Gasteiger partial charge in [-0.3, -0.25) is 0 Å². The Morgan fingerprint density at radius 2 is 1.90 bits per heavy atom. The molecule has 1 aromatic rings. The molecule has 3 nitrogen and oxygen atoms in total. The molecule has 1 aliphatic rings. The number of rotatable bonds is 5. The quantitative estimate of drug-likeness (QED) is 0.691. The van der Waals surface area contributed by atoms with Gasteiger partial charge in [0.1, 0.15) is 5.82 Å². The summed E-state index contributed by atoms with van der Waals surface area (Å²) in [6.45, 7) is 0.0279. The molecule has 1 saturated carbocycles. The smallest absolute Gasteiger partial charge is 0.233 e. The molecule has 0 saturated heterocycles. The van der Waals surface area contributed by atoms with Crippen molar-refractivity contribution in [3.05, 3.63) is 28.2 Å². The third-order valence-electron chi connectivity index (χ3n) is 3.63. The lowest BCUT2D eigenvalue weighted by atomic mass is 9.90. The summed E-state index contributed by atoms with van der Waals surface area (Å²) in [7, 11) is 1.68. The lowest BCUT2D eigenvalue weighted by molar-refractivity contribution is 0.164. The highest BCUT2D eigenvalue weighted by Crippen LogP contribution is 2.41. The fourth-order valence-corrected chi connectivity index (χ4v) is 5.03. The van der Waals surface area contributed by atoms with Crippen molar-refractivity contribution in [1.82, 2.24) is 0 Å². The largest absolute Gasteiger partial charge is 0.489 e. The first-order valence-corrected chi connectivity index (χ1v) is 9.68. The number of ether oxygens (including phenoxy) is 1. The summed E-state index contributed by atoms with van der Waals surface area (Å²) in [6, 6.07) is 1.82. The van der Waals surface area contributed by atoms with E-state index < -0.39 is 26.1 Å². The average Bonchev–Trinajstić information content (AvgIpc) is 2.73. The van der Waals surface area contributed by atoms with Gasteiger partial charge in [0.2, 0.25) is 9.05 Å². The van der Waals surface area contributed by atoms with E-state index in [0.29, 0.717) is 12.8 Å². The molecule has 118 valence electrons. The molecule has 0 unspecified atom stereocenters. The van der Waals surface area contributed by atoms with Crippen molar-refractivity contribution in [3.8, 4) is 5.75 Å². The minimum Gasteiger partial charge on any atom is -0.489 e. The average molecular weight is 404 g/mol. The van der Waals surface area contributed by atoms with Crippen LogP contribution in [-0.4, -0.2) is 20.8 Å². The van der Waals surface area contributed by atoms with E-state index in [0.717, 1.165) is 25.0 Å². The zero-order chi connectivity index (χ0) is 15.7. The normalized spacial score (nSPS) is 17.9. The predicted molar refractivity (Wildman–Crippen MR) is 80.1 cm³/mol. The highest BCUT2D eigenvalue weighted by Gasteiger charge is 2.39. The SMILES string of the molecule is O=S(=O)(Cl)CC1(COc2c(F)cc(F)cc2Br)CCCC1. The van der Waals surface area contributed by atoms with Crippen LogP contribution in [0.5, 0.6) is 5.75 Å². The van der Waals surface area contributed by atoms with E-state index >= 15 is 0 Å². The molecule has 0 bridgehead atoms. The van der Waals surface area contributed by atoms with Crippen molar-refractivity contribution >= 4 is 35.7 Å². The summed E-state index contributed by atoms with van der Waals surface area (Å²) in [6.07, 6.45) is 3.06. The second kappa shape index (κ2) is 6.38. The molecular formula is C13H14BrClF2O3S. The molecule has 0 heterocycles. The van der Waals surface area contributed by atoms with E-state index in [1.54, 1.807) is 0 Å².